The molecule has 26 heavy (non-hydrogen) atoms. The van der Waals surface area contributed by atoms with Crippen molar-refractivity contribution in [1.82, 2.24) is 9.78 Å². The lowest BCUT2D eigenvalue weighted by atomic mass is 9.77. The molecule has 1 aliphatic rings. The fourth-order valence-electron chi connectivity index (χ4n) is 3.79. The van der Waals surface area contributed by atoms with E-state index in [1.165, 1.54) is 6.07 Å². The van der Waals surface area contributed by atoms with Crippen molar-refractivity contribution in [2.45, 2.75) is 51.2 Å². The predicted octanol–water partition coefficient (Wildman–Crippen LogP) is 4.28. The molecule has 1 saturated carbocycles. The first-order valence-corrected chi connectivity index (χ1v) is 8.74. The molecule has 140 valence electrons. The highest BCUT2D eigenvalue weighted by molar-refractivity contribution is 5.94. The summed E-state index contributed by atoms with van der Waals surface area (Å²) in [5, 5.41) is 4.31. The van der Waals surface area contributed by atoms with Crippen LogP contribution >= 0.6 is 0 Å². The summed E-state index contributed by atoms with van der Waals surface area (Å²) < 4.78 is 40.7. The Morgan fingerprint density at radius 1 is 1.27 bits per heavy atom. The van der Waals surface area contributed by atoms with Crippen molar-refractivity contribution in [3.8, 4) is 0 Å². The number of benzene rings is 1. The molecule has 0 spiro atoms. The van der Waals surface area contributed by atoms with Gasteiger partial charge in [0.15, 0.2) is 0 Å². The highest BCUT2D eigenvalue weighted by atomic mass is 19.4. The number of carbonyl (C=O) groups excluding carboxylic acids is 1. The molecule has 1 heterocycles. The van der Waals surface area contributed by atoms with Crippen molar-refractivity contribution in [1.29, 1.82) is 0 Å². The molecular formula is C19H22F3N3O. The number of nitrogens with zero attached hydrogens (tertiary/aromatic N) is 2. The van der Waals surface area contributed by atoms with Crippen molar-refractivity contribution in [3.63, 3.8) is 0 Å². The van der Waals surface area contributed by atoms with Gasteiger partial charge in [0.25, 0.3) is 0 Å². The zero-order chi connectivity index (χ0) is 18.9. The van der Waals surface area contributed by atoms with Gasteiger partial charge in [0.05, 0.1) is 11.8 Å². The first-order chi connectivity index (χ1) is 12.2. The summed E-state index contributed by atoms with van der Waals surface area (Å²) in [6, 6.07) is 3.35. The van der Waals surface area contributed by atoms with E-state index < -0.39 is 17.6 Å². The quantitative estimate of drug-likeness (QED) is 0.879. The molecule has 1 aliphatic carbocycles. The zero-order valence-electron chi connectivity index (χ0n) is 14.6. The van der Waals surface area contributed by atoms with E-state index in [1.807, 2.05) is 24.0 Å². The van der Waals surface area contributed by atoms with Crippen LogP contribution in [0, 0.1) is 12.8 Å². The zero-order valence-corrected chi connectivity index (χ0v) is 14.6. The number of alkyl halides is 3. The Labute approximate surface area is 150 Å². The van der Waals surface area contributed by atoms with Crippen LogP contribution in [-0.4, -0.2) is 15.7 Å². The van der Waals surface area contributed by atoms with Crippen LogP contribution in [0.5, 0.6) is 0 Å². The number of hydrogen-bond donors (Lipinski definition) is 1. The Kier molecular flexibility index (Phi) is 5.07. The normalized spacial score (nSPS) is 20.9. The fourth-order valence-corrected chi connectivity index (χ4v) is 3.79. The van der Waals surface area contributed by atoms with E-state index in [1.54, 1.807) is 0 Å². The van der Waals surface area contributed by atoms with Gasteiger partial charge in [-0.05, 0) is 67.7 Å². The summed E-state index contributed by atoms with van der Waals surface area (Å²) in [6.45, 7) is 2.84. The summed E-state index contributed by atoms with van der Waals surface area (Å²) >= 11 is 0. The topological polar surface area (TPSA) is 60.9 Å². The highest BCUT2D eigenvalue weighted by Crippen LogP contribution is 2.39. The Bertz CT molecular complexity index is 790. The number of rotatable bonds is 4. The van der Waals surface area contributed by atoms with Gasteiger partial charge in [-0.25, -0.2) is 0 Å². The Morgan fingerprint density at radius 2 is 1.96 bits per heavy atom. The number of hydrogen-bond acceptors (Lipinski definition) is 2. The van der Waals surface area contributed by atoms with E-state index in [2.05, 4.69) is 5.10 Å². The minimum atomic E-state index is -4.48. The van der Waals surface area contributed by atoms with Gasteiger partial charge in [0.1, 0.15) is 0 Å². The monoisotopic (exact) mass is 365 g/mol. The third-order valence-electron chi connectivity index (χ3n) is 5.14. The molecule has 2 aromatic rings. The van der Waals surface area contributed by atoms with Crippen molar-refractivity contribution in [2.75, 3.05) is 0 Å². The van der Waals surface area contributed by atoms with Crippen molar-refractivity contribution in [3.05, 3.63) is 52.8 Å². The molecule has 0 aliphatic heterocycles. The van der Waals surface area contributed by atoms with E-state index in [4.69, 9.17) is 5.73 Å². The van der Waals surface area contributed by atoms with Crippen molar-refractivity contribution in [2.24, 2.45) is 11.7 Å². The lowest BCUT2D eigenvalue weighted by Crippen LogP contribution is -2.22. The molecule has 1 amide bonds. The smallest absolute Gasteiger partial charge is 0.366 e. The largest absolute Gasteiger partial charge is 0.416 e. The summed E-state index contributed by atoms with van der Waals surface area (Å²) in [5.41, 5.74) is 6.26. The van der Waals surface area contributed by atoms with E-state index in [-0.39, 0.29) is 11.5 Å². The third-order valence-corrected chi connectivity index (χ3v) is 5.14. The first kappa shape index (κ1) is 18.5. The van der Waals surface area contributed by atoms with E-state index >= 15 is 0 Å². The molecule has 0 saturated heterocycles. The third kappa shape index (κ3) is 4.08. The van der Waals surface area contributed by atoms with Crippen molar-refractivity contribution >= 4 is 5.91 Å². The molecule has 0 atom stereocenters. The van der Waals surface area contributed by atoms with E-state index in [0.717, 1.165) is 49.9 Å². The number of aromatic nitrogens is 2. The van der Waals surface area contributed by atoms with Crippen LogP contribution in [0.25, 0.3) is 0 Å². The average Bonchev–Trinajstić information content (AvgIpc) is 2.99. The maximum Gasteiger partial charge on any atom is 0.416 e. The number of halogens is 3. The van der Waals surface area contributed by atoms with Gasteiger partial charge in [-0.3, -0.25) is 9.48 Å². The molecule has 7 heteroatoms. The van der Waals surface area contributed by atoms with Crippen LogP contribution in [-0.2, 0) is 12.7 Å². The van der Waals surface area contributed by atoms with E-state index in [9.17, 15) is 18.0 Å². The number of aryl methyl sites for hydroxylation is 1. The Morgan fingerprint density at radius 3 is 2.50 bits per heavy atom. The first-order valence-electron chi connectivity index (χ1n) is 8.74. The SMILES string of the molecule is Cc1cnn(C[C@H]2CC[C@H](c3ccc(C(F)(F)F)cc3C(N)=O)CC2)c1. The average molecular weight is 365 g/mol. The van der Waals surface area contributed by atoms with Crippen LogP contribution in [0.15, 0.2) is 30.6 Å². The van der Waals surface area contributed by atoms with Crippen molar-refractivity contribution < 1.29 is 18.0 Å². The van der Waals surface area contributed by atoms with Gasteiger partial charge in [-0.2, -0.15) is 18.3 Å². The number of nitrogens with two attached hydrogens (primary N) is 1. The summed E-state index contributed by atoms with van der Waals surface area (Å²) in [4.78, 5) is 11.7. The molecular weight excluding hydrogens is 343 g/mol. The van der Waals surface area contributed by atoms with Crippen LogP contribution in [0.4, 0.5) is 13.2 Å². The molecule has 1 fully saturated rings. The van der Waals surface area contributed by atoms with Gasteiger partial charge >= 0.3 is 6.18 Å². The minimum absolute atomic E-state index is 0.00836. The van der Waals surface area contributed by atoms with Crippen LogP contribution in [0.1, 0.15) is 58.6 Å². The Hall–Kier alpha value is -2.31. The molecule has 1 aromatic carbocycles. The van der Waals surface area contributed by atoms with Gasteiger partial charge < -0.3 is 5.73 Å². The van der Waals surface area contributed by atoms with Crippen LogP contribution < -0.4 is 5.73 Å². The van der Waals surface area contributed by atoms with Gasteiger partial charge in [-0.15, -0.1) is 0 Å². The van der Waals surface area contributed by atoms with Gasteiger partial charge in [-0.1, -0.05) is 6.07 Å². The highest BCUT2D eigenvalue weighted by Gasteiger charge is 2.33. The maximum absolute atomic E-state index is 12.9. The van der Waals surface area contributed by atoms with Crippen LogP contribution in [0.2, 0.25) is 0 Å². The van der Waals surface area contributed by atoms with Gasteiger partial charge in [0.2, 0.25) is 5.91 Å². The second kappa shape index (κ2) is 7.13. The number of amides is 1. The molecule has 0 radical (unpaired) electrons. The summed E-state index contributed by atoms with van der Waals surface area (Å²) in [7, 11) is 0. The number of carbonyl (C=O) groups is 1. The molecule has 3 rings (SSSR count). The maximum atomic E-state index is 12.9. The molecule has 1 aromatic heterocycles. The molecule has 0 bridgehead atoms. The minimum Gasteiger partial charge on any atom is -0.366 e. The fraction of sp³-hybridized carbons (Fsp3) is 0.474. The molecule has 0 unspecified atom stereocenters. The Balaban J connectivity index is 1.71. The lowest BCUT2D eigenvalue weighted by Gasteiger charge is -2.30. The lowest BCUT2D eigenvalue weighted by molar-refractivity contribution is -0.137. The molecule has 4 nitrogen and oxygen atoms in total. The summed E-state index contributed by atoms with van der Waals surface area (Å²) in [5.74, 6) is -0.257. The molecule has 2 N–H and O–H groups in total. The standard InChI is InChI=1S/C19H22F3N3O/c1-12-9-24-25(10-12)11-13-2-4-14(5-3-13)16-7-6-15(19(20,21)22)8-17(16)18(23)26/h6-10,13-14H,2-5,11H2,1H3,(H2,23,26)/t13-,14-. The van der Waals surface area contributed by atoms with Crippen LogP contribution in [0.3, 0.4) is 0 Å². The van der Waals surface area contributed by atoms with Gasteiger partial charge in [0, 0.05) is 18.3 Å². The predicted molar refractivity (Wildman–Crippen MR) is 91.6 cm³/mol. The number of primary amides is 1. The van der Waals surface area contributed by atoms with E-state index in [0.29, 0.717) is 11.5 Å². The second-order valence-corrected chi connectivity index (χ2v) is 7.12. The second-order valence-electron chi connectivity index (χ2n) is 7.12. The summed E-state index contributed by atoms with van der Waals surface area (Å²) in [6.07, 6.45) is 2.90.